The molecule has 3 aromatic rings. The van der Waals surface area contributed by atoms with Gasteiger partial charge in [-0.25, -0.2) is 8.78 Å². The molecule has 0 aliphatic carbocycles. The molecule has 1 aliphatic heterocycles. The molecule has 156 valence electrons. The third kappa shape index (κ3) is 4.31. The zero-order valence-electron chi connectivity index (χ0n) is 17.1. The van der Waals surface area contributed by atoms with Crippen molar-refractivity contribution in [1.82, 2.24) is 5.32 Å². The Balaban J connectivity index is 1.56. The van der Waals surface area contributed by atoms with Crippen LogP contribution in [-0.4, -0.2) is 13.1 Å². The van der Waals surface area contributed by atoms with Crippen molar-refractivity contribution in [1.29, 1.82) is 0 Å². The van der Waals surface area contributed by atoms with Gasteiger partial charge in [0, 0.05) is 17.2 Å². The van der Waals surface area contributed by atoms with Crippen LogP contribution in [0.1, 0.15) is 29.5 Å². The Bertz CT molecular complexity index is 1030. The number of hydrogen-bond acceptors (Lipinski definition) is 3. The smallest absolute Gasteiger partial charge is 0.162 e. The van der Waals surface area contributed by atoms with Crippen LogP contribution in [0.3, 0.4) is 0 Å². The number of benzene rings is 3. The van der Waals surface area contributed by atoms with E-state index < -0.39 is 11.6 Å². The molecule has 3 nitrogen and oxygen atoms in total. The summed E-state index contributed by atoms with van der Waals surface area (Å²) in [4.78, 5) is 0. The lowest BCUT2D eigenvalue weighted by molar-refractivity contribution is 0.304. The maximum absolute atomic E-state index is 13.4. The third-order valence-corrected chi connectivity index (χ3v) is 5.99. The van der Waals surface area contributed by atoms with Crippen LogP contribution in [0.25, 0.3) is 0 Å². The lowest BCUT2D eigenvalue weighted by Crippen LogP contribution is -2.42. The van der Waals surface area contributed by atoms with Gasteiger partial charge >= 0.3 is 0 Å². The summed E-state index contributed by atoms with van der Waals surface area (Å²) < 4.78 is 32.2. The van der Waals surface area contributed by atoms with Crippen molar-refractivity contribution in [3.8, 4) is 11.5 Å². The molecule has 0 bridgehead atoms. The first-order valence-electron chi connectivity index (χ1n) is 10.2. The maximum atomic E-state index is 13.4. The van der Waals surface area contributed by atoms with E-state index in [0.717, 1.165) is 50.2 Å². The van der Waals surface area contributed by atoms with Gasteiger partial charge in [0.2, 0.25) is 0 Å². The van der Waals surface area contributed by atoms with Gasteiger partial charge in [-0.2, -0.15) is 0 Å². The molecule has 1 aliphatic rings. The number of nitrogens with one attached hydrogen (secondary N) is 1. The molecule has 0 aromatic heterocycles. The number of hydrogen-bond donors (Lipinski definition) is 2. The molecule has 0 unspecified atom stereocenters. The Morgan fingerprint density at radius 1 is 0.900 bits per heavy atom. The van der Waals surface area contributed by atoms with Crippen LogP contribution in [0.5, 0.6) is 11.5 Å². The van der Waals surface area contributed by atoms with E-state index in [1.54, 1.807) is 0 Å². The zero-order valence-corrected chi connectivity index (χ0v) is 17.1. The summed E-state index contributed by atoms with van der Waals surface area (Å²) in [5, 5.41) is 3.47. The monoisotopic (exact) mass is 408 g/mol. The molecule has 4 rings (SSSR count). The van der Waals surface area contributed by atoms with Gasteiger partial charge < -0.3 is 15.8 Å². The standard InChI is InChI=1S/C25H26F2N2O/c1-17-2-5-19(28)14-22(17)25(10-12-29-13-11-25)16-18-3-6-20(7-4-18)30-21-8-9-23(26)24(27)15-21/h2-9,14-15,29H,10-13,16,28H2,1H3. The summed E-state index contributed by atoms with van der Waals surface area (Å²) in [6.45, 7) is 4.11. The van der Waals surface area contributed by atoms with Gasteiger partial charge in [-0.05, 0) is 92.4 Å². The van der Waals surface area contributed by atoms with Crippen molar-refractivity contribution in [3.63, 3.8) is 0 Å². The van der Waals surface area contributed by atoms with Gasteiger partial charge in [0.05, 0.1) is 0 Å². The second-order valence-electron chi connectivity index (χ2n) is 8.10. The molecule has 0 radical (unpaired) electrons. The Morgan fingerprint density at radius 3 is 2.30 bits per heavy atom. The molecule has 0 spiro atoms. The van der Waals surface area contributed by atoms with Crippen molar-refractivity contribution in [2.45, 2.75) is 31.6 Å². The molecular weight excluding hydrogens is 382 g/mol. The van der Waals surface area contributed by atoms with Crippen LogP contribution in [-0.2, 0) is 11.8 Å². The maximum Gasteiger partial charge on any atom is 0.162 e. The first-order chi connectivity index (χ1) is 14.4. The van der Waals surface area contributed by atoms with Crippen LogP contribution in [0, 0.1) is 18.6 Å². The van der Waals surface area contributed by atoms with Crippen molar-refractivity contribution in [3.05, 3.63) is 89.0 Å². The minimum atomic E-state index is -0.922. The molecule has 0 saturated carbocycles. The highest BCUT2D eigenvalue weighted by atomic mass is 19.2. The molecule has 3 N–H and O–H groups in total. The number of aryl methyl sites for hydroxylation is 1. The fraction of sp³-hybridized carbons (Fsp3) is 0.280. The SMILES string of the molecule is Cc1ccc(N)cc1C1(Cc2ccc(Oc3ccc(F)c(F)c3)cc2)CCNCC1. The Morgan fingerprint density at radius 2 is 1.60 bits per heavy atom. The van der Waals surface area contributed by atoms with E-state index in [-0.39, 0.29) is 11.2 Å². The molecule has 1 heterocycles. The number of halogens is 2. The summed E-state index contributed by atoms with van der Waals surface area (Å²) in [7, 11) is 0. The van der Waals surface area contributed by atoms with E-state index in [4.69, 9.17) is 10.5 Å². The van der Waals surface area contributed by atoms with Crippen molar-refractivity contribution in [2.75, 3.05) is 18.8 Å². The molecule has 0 amide bonds. The Labute approximate surface area is 175 Å². The van der Waals surface area contributed by atoms with E-state index in [2.05, 4.69) is 24.4 Å². The van der Waals surface area contributed by atoms with Crippen LogP contribution in [0.2, 0.25) is 0 Å². The van der Waals surface area contributed by atoms with E-state index >= 15 is 0 Å². The number of piperidine rings is 1. The first kappa shape index (κ1) is 20.4. The van der Waals surface area contributed by atoms with Gasteiger partial charge in [-0.3, -0.25) is 0 Å². The topological polar surface area (TPSA) is 47.3 Å². The number of nitrogens with two attached hydrogens (primary N) is 1. The average molecular weight is 408 g/mol. The predicted molar refractivity (Wildman–Crippen MR) is 116 cm³/mol. The largest absolute Gasteiger partial charge is 0.457 e. The second-order valence-corrected chi connectivity index (χ2v) is 8.10. The van der Waals surface area contributed by atoms with E-state index in [1.165, 1.54) is 22.8 Å². The highest BCUT2D eigenvalue weighted by Gasteiger charge is 2.35. The normalized spacial score (nSPS) is 15.7. The number of anilines is 1. The zero-order chi connectivity index (χ0) is 21.1. The van der Waals surface area contributed by atoms with Crippen LogP contribution < -0.4 is 15.8 Å². The minimum absolute atomic E-state index is 0.0349. The first-order valence-corrected chi connectivity index (χ1v) is 10.2. The van der Waals surface area contributed by atoms with Gasteiger partial charge in [0.25, 0.3) is 0 Å². The fourth-order valence-electron chi connectivity index (χ4n) is 4.40. The quantitative estimate of drug-likeness (QED) is 0.547. The molecule has 3 aromatic carbocycles. The summed E-state index contributed by atoms with van der Waals surface area (Å²) in [5.74, 6) is -0.951. The van der Waals surface area contributed by atoms with E-state index in [9.17, 15) is 8.78 Å². The number of ether oxygens (including phenoxy) is 1. The van der Waals surface area contributed by atoms with Crippen molar-refractivity contribution in [2.24, 2.45) is 0 Å². The second kappa shape index (κ2) is 8.44. The van der Waals surface area contributed by atoms with E-state index in [0.29, 0.717) is 5.75 Å². The highest BCUT2D eigenvalue weighted by molar-refractivity contribution is 5.48. The lowest BCUT2D eigenvalue weighted by Gasteiger charge is -2.39. The summed E-state index contributed by atoms with van der Waals surface area (Å²) in [6.07, 6.45) is 3.00. The van der Waals surface area contributed by atoms with E-state index in [1.807, 2.05) is 30.3 Å². The van der Waals surface area contributed by atoms with Crippen LogP contribution >= 0.6 is 0 Å². The van der Waals surface area contributed by atoms with Gasteiger partial charge in [-0.1, -0.05) is 18.2 Å². The molecule has 1 fully saturated rings. The van der Waals surface area contributed by atoms with Crippen LogP contribution in [0.4, 0.5) is 14.5 Å². The number of rotatable bonds is 5. The van der Waals surface area contributed by atoms with Crippen LogP contribution in [0.15, 0.2) is 60.7 Å². The van der Waals surface area contributed by atoms with Gasteiger partial charge in [0.1, 0.15) is 11.5 Å². The van der Waals surface area contributed by atoms with Gasteiger partial charge in [0.15, 0.2) is 11.6 Å². The summed E-state index contributed by atoms with van der Waals surface area (Å²) in [5.41, 5.74) is 10.7. The average Bonchev–Trinajstić information content (AvgIpc) is 2.74. The third-order valence-electron chi connectivity index (χ3n) is 5.99. The highest BCUT2D eigenvalue weighted by Crippen LogP contribution is 2.39. The summed E-state index contributed by atoms with van der Waals surface area (Å²) in [6, 6.07) is 17.5. The molecule has 30 heavy (non-hydrogen) atoms. The van der Waals surface area contributed by atoms with Gasteiger partial charge in [-0.15, -0.1) is 0 Å². The molecule has 5 heteroatoms. The summed E-state index contributed by atoms with van der Waals surface area (Å²) >= 11 is 0. The minimum Gasteiger partial charge on any atom is -0.457 e. The van der Waals surface area contributed by atoms with Crippen molar-refractivity contribution >= 4 is 5.69 Å². The Hall–Kier alpha value is -2.92. The lowest BCUT2D eigenvalue weighted by atomic mass is 9.68. The molecule has 0 atom stereocenters. The Kier molecular flexibility index (Phi) is 5.73. The molecular formula is C25H26F2N2O. The number of nitrogen functional groups attached to an aromatic ring is 1. The molecule has 1 saturated heterocycles. The fourth-order valence-corrected chi connectivity index (χ4v) is 4.40. The van der Waals surface area contributed by atoms with Crippen molar-refractivity contribution < 1.29 is 13.5 Å². The predicted octanol–water partition coefficient (Wildman–Crippen LogP) is 5.51.